The maximum absolute atomic E-state index is 12.6. The van der Waals surface area contributed by atoms with Crippen LogP contribution in [0.3, 0.4) is 0 Å². The van der Waals surface area contributed by atoms with Gasteiger partial charge in [-0.2, -0.15) is 13.2 Å². The van der Waals surface area contributed by atoms with E-state index in [1.54, 1.807) is 23.1 Å². The summed E-state index contributed by atoms with van der Waals surface area (Å²) in [6.07, 6.45) is -5.82. The zero-order valence-electron chi connectivity index (χ0n) is 10.4. The molecule has 3 N–H and O–H groups in total. The minimum atomic E-state index is -4.57. The lowest BCUT2D eigenvalue weighted by Gasteiger charge is -2.29. The predicted molar refractivity (Wildman–Crippen MR) is 66.3 cm³/mol. The van der Waals surface area contributed by atoms with Gasteiger partial charge in [0.25, 0.3) is 0 Å². The van der Waals surface area contributed by atoms with E-state index in [1.165, 1.54) is 0 Å². The summed E-state index contributed by atoms with van der Waals surface area (Å²) in [6, 6.07) is 6.22. The first-order valence-electron chi connectivity index (χ1n) is 6.21. The van der Waals surface area contributed by atoms with Gasteiger partial charge >= 0.3 is 6.18 Å². The van der Waals surface area contributed by atoms with Crippen LogP contribution >= 0.6 is 0 Å². The van der Waals surface area contributed by atoms with Crippen molar-refractivity contribution in [1.29, 1.82) is 0 Å². The summed E-state index contributed by atoms with van der Waals surface area (Å²) in [5, 5.41) is 9.40. The molecule has 6 heteroatoms. The first-order valence-corrected chi connectivity index (χ1v) is 6.21. The Bertz CT molecular complexity index is 436. The van der Waals surface area contributed by atoms with Gasteiger partial charge in [0, 0.05) is 18.3 Å². The molecule has 2 unspecified atom stereocenters. The molecule has 1 saturated heterocycles. The van der Waals surface area contributed by atoms with Crippen LogP contribution in [0.5, 0.6) is 0 Å². The topological polar surface area (TPSA) is 49.5 Å². The Morgan fingerprint density at radius 3 is 2.79 bits per heavy atom. The van der Waals surface area contributed by atoms with Crippen molar-refractivity contribution in [2.75, 3.05) is 12.3 Å². The first kappa shape index (κ1) is 14.1. The van der Waals surface area contributed by atoms with Gasteiger partial charge in [0.15, 0.2) is 6.10 Å². The first-order chi connectivity index (χ1) is 8.88. The molecule has 1 aliphatic rings. The molecule has 1 heterocycles. The molecule has 1 aromatic rings. The van der Waals surface area contributed by atoms with Gasteiger partial charge in [0.1, 0.15) is 0 Å². The highest BCUT2D eigenvalue weighted by molar-refractivity contribution is 5.40. The van der Waals surface area contributed by atoms with Gasteiger partial charge in [-0.15, -0.1) is 0 Å². The maximum Gasteiger partial charge on any atom is 0.415 e. The van der Waals surface area contributed by atoms with Crippen LogP contribution in [0.25, 0.3) is 0 Å². The molecule has 1 aromatic carbocycles. The Hall–Kier alpha value is -1.27. The van der Waals surface area contributed by atoms with Crippen molar-refractivity contribution in [3.8, 4) is 0 Å². The lowest BCUT2D eigenvalue weighted by molar-refractivity contribution is -0.219. The van der Waals surface area contributed by atoms with Crippen LogP contribution in [0.2, 0.25) is 0 Å². The molecule has 19 heavy (non-hydrogen) atoms. The summed E-state index contributed by atoms with van der Waals surface area (Å²) in [5.41, 5.74) is 7.10. The van der Waals surface area contributed by atoms with Crippen molar-refractivity contribution in [1.82, 2.24) is 4.90 Å². The fraction of sp³-hybridized carbons (Fsp3) is 0.538. The van der Waals surface area contributed by atoms with E-state index in [-0.39, 0.29) is 0 Å². The number of rotatable bonds is 3. The Balaban J connectivity index is 2.07. The molecular formula is C13H17F3N2O. The van der Waals surface area contributed by atoms with Crippen molar-refractivity contribution in [3.05, 3.63) is 29.8 Å². The maximum atomic E-state index is 12.6. The monoisotopic (exact) mass is 274 g/mol. The van der Waals surface area contributed by atoms with Gasteiger partial charge in [0.2, 0.25) is 0 Å². The van der Waals surface area contributed by atoms with Gasteiger partial charge in [-0.25, -0.2) is 0 Å². The summed E-state index contributed by atoms with van der Waals surface area (Å²) in [5.74, 6) is 0. The van der Waals surface area contributed by atoms with E-state index in [4.69, 9.17) is 5.73 Å². The third-order valence-electron chi connectivity index (χ3n) is 3.45. The van der Waals surface area contributed by atoms with Gasteiger partial charge in [-0.1, -0.05) is 12.1 Å². The molecule has 1 fully saturated rings. The molecule has 0 aromatic heterocycles. The second-order valence-corrected chi connectivity index (χ2v) is 4.91. The number of nitrogen functional groups attached to an aromatic ring is 1. The number of nitrogens with zero attached hydrogens (tertiary/aromatic N) is 1. The van der Waals surface area contributed by atoms with E-state index in [2.05, 4.69) is 0 Å². The number of hydrogen-bond acceptors (Lipinski definition) is 3. The van der Waals surface area contributed by atoms with Crippen LogP contribution in [0.15, 0.2) is 24.3 Å². The van der Waals surface area contributed by atoms with E-state index in [9.17, 15) is 18.3 Å². The number of likely N-dealkylation sites (tertiary alicyclic amines) is 1. The van der Waals surface area contributed by atoms with E-state index < -0.39 is 18.3 Å². The number of benzene rings is 1. The van der Waals surface area contributed by atoms with Crippen molar-refractivity contribution in [2.24, 2.45) is 0 Å². The molecule has 106 valence electrons. The highest BCUT2D eigenvalue weighted by Gasteiger charge is 2.46. The summed E-state index contributed by atoms with van der Waals surface area (Å²) in [7, 11) is 0. The fourth-order valence-electron chi connectivity index (χ4n) is 2.55. The molecule has 2 atom stereocenters. The average Bonchev–Trinajstić information content (AvgIpc) is 2.74. The number of alkyl halides is 3. The number of nitrogens with two attached hydrogens (primary N) is 1. The van der Waals surface area contributed by atoms with Crippen molar-refractivity contribution < 1.29 is 18.3 Å². The molecule has 2 rings (SSSR count). The van der Waals surface area contributed by atoms with E-state index in [1.807, 2.05) is 6.07 Å². The van der Waals surface area contributed by atoms with Gasteiger partial charge in [-0.3, -0.25) is 4.90 Å². The molecule has 0 amide bonds. The summed E-state index contributed by atoms with van der Waals surface area (Å²) in [4.78, 5) is 1.67. The number of halogens is 3. The molecule has 0 radical (unpaired) electrons. The molecule has 0 aliphatic carbocycles. The Kier molecular flexibility index (Phi) is 4.01. The number of aliphatic hydroxyl groups is 1. The largest absolute Gasteiger partial charge is 0.415 e. The fourth-order valence-corrected chi connectivity index (χ4v) is 2.55. The lowest BCUT2D eigenvalue weighted by Crippen LogP contribution is -2.46. The minimum Gasteiger partial charge on any atom is -0.399 e. The summed E-state index contributed by atoms with van der Waals surface area (Å²) in [6.45, 7) is 0.940. The summed E-state index contributed by atoms with van der Waals surface area (Å²) >= 11 is 0. The van der Waals surface area contributed by atoms with E-state index in [0.29, 0.717) is 31.6 Å². The van der Waals surface area contributed by atoms with Crippen molar-refractivity contribution in [3.63, 3.8) is 0 Å². The lowest BCUT2D eigenvalue weighted by atomic mass is 10.1. The number of hydrogen-bond donors (Lipinski definition) is 2. The zero-order valence-corrected chi connectivity index (χ0v) is 10.4. The second-order valence-electron chi connectivity index (χ2n) is 4.91. The van der Waals surface area contributed by atoms with Crippen LogP contribution in [-0.4, -0.2) is 34.9 Å². The molecule has 0 saturated carbocycles. The van der Waals surface area contributed by atoms with E-state index in [0.717, 1.165) is 5.56 Å². The zero-order chi connectivity index (χ0) is 14.0. The molecular weight excluding hydrogens is 257 g/mol. The quantitative estimate of drug-likeness (QED) is 0.830. The standard InChI is InChI=1S/C13H17F3N2O/c14-13(15,16)12(19)11-5-2-6-18(11)8-9-3-1-4-10(17)7-9/h1,3-4,7,11-12,19H,2,5-6,8,17H2. The average molecular weight is 274 g/mol. The van der Waals surface area contributed by atoms with Crippen LogP contribution in [0.1, 0.15) is 18.4 Å². The SMILES string of the molecule is Nc1cccc(CN2CCCC2C(O)C(F)(F)F)c1. The smallest absolute Gasteiger partial charge is 0.399 e. The van der Waals surface area contributed by atoms with Gasteiger partial charge in [0.05, 0.1) is 0 Å². The number of anilines is 1. The molecule has 0 spiro atoms. The van der Waals surface area contributed by atoms with Crippen LogP contribution in [-0.2, 0) is 6.54 Å². The van der Waals surface area contributed by atoms with Gasteiger partial charge in [-0.05, 0) is 37.1 Å². The minimum absolute atomic E-state index is 0.364. The normalized spacial score (nSPS) is 22.6. The highest BCUT2D eigenvalue weighted by Crippen LogP contribution is 2.31. The van der Waals surface area contributed by atoms with Crippen LogP contribution in [0, 0.1) is 0 Å². The second kappa shape index (κ2) is 5.38. The predicted octanol–water partition coefficient (Wildman–Crippen LogP) is 2.16. The Morgan fingerprint density at radius 1 is 1.42 bits per heavy atom. The Labute approximate surface area is 109 Å². The molecule has 0 bridgehead atoms. The van der Waals surface area contributed by atoms with Crippen molar-refractivity contribution in [2.45, 2.75) is 37.7 Å². The third-order valence-corrected chi connectivity index (χ3v) is 3.45. The molecule has 3 nitrogen and oxygen atoms in total. The number of aliphatic hydroxyl groups excluding tert-OH is 1. The van der Waals surface area contributed by atoms with Crippen molar-refractivity contribution >= 4 is 5.69 Å². The highest BCUT2D eigenvalue weighted by atomic mass is 19.4. The third kappa shape index (κ3) is 3.39. The van der Waals surface area contributed by atoms with Gasteiger partial charge < -0.3 is 10.8 Å². The van der Waals surface area contributed by atoms with Crippen LogP contribution < -0.4 is 5.73 Å². The summed E-state index contributed by atoms with van der Waals surface area (Å²) < 4.78 is 37.7. The Morgan fingerprint density at radius 2 is 2.16 bits per heavy atom. The molecule has 1 aliphatic heterocycles. The van der Waals surface area contributed by atoms with E-state index >= 15 is 0 Å². The van der Waals surface area contributed by atoms with Crippen LogP contribution in [0.4, 0.5) is 18.9 Å².